The first-order valence-electron chi connectivity index (χ1n) is 4.94. The van der Waals surface area contributed by atoms with Crippen LogP contribution in [0.3, 0.4) is 0 Å². The van der Waals surface area contributed by atoms with Gasteiger partial charge in [-0.3, -0.25) is 0 Å². The highest BCUT2D eigenvalue weighted by molar-refractivity contribution is 6.48. The van der Waals surface area contributed by atoms with Crippen LogP contribution in [-0.2, 0) is 0 Å². The Morgan fingerprint density at radius 2 is 1.87 bits per heavy atom. The summed E-state index contributed by atoms with van der Waals surface area (Å²) < 4.78 is 0. The molecule has 1 aromatic carbocycles. The fraction of sp³-hybridized carbons (Fsp3) is 0.455. The second kappa shape index (κ2) is 5.95. The van der Waals surface area contributed by atoms with Crippen molar-refractivity contribution in [3.8, 4) is 0 Å². The summed E-state index contributed by atoms with van der Waals surface area (Å²) in [5.41, 5.74) is 0.986. The van der Waals surface area contributed by atoms with Crippen LogP contribution in [0.1, 0.15) is 31.9 Å². The predicted molar refractivity (Wildman–Crippen MR) is 68.2 cm³/mol. The van der Waals surface area contributed by atoms with Crippen LogP contribution in [0, 0.1) is 0 Å². The molecule has 0 spiro atoms. The van der Waals surface area contributed by atoms with Crippen molar-refractivity contribution in [1.29, 1.82) is 0 Å². The van der Waals surface area contributed by atoms with E-state index in [1.54, 1.807) is 6.07 Å². The maximum absolute atomic E-state index is 6.12. The second-order valence-electron chi connectivity index (χ2n) is 3.44. The summed E-state index contributed by atoms with van der Waals surface area (Å²) >= 11 is 17.9. The molecule has 0 fully saturated rings. The lowest BCUT2D eigenvalue weighted by molar-refractivity contribution is 0.571. The van der Waals surface area contributed by atoms with Gasteiger partial charge >= 0.3 is 0 Å². The van der Waals surface area contributed by atoms with Gasteiger partial charge in [0.25, 0.3) is 0 Å². The van der Waals surface area contributed by atoms with Crippen LogP contribution in [0.2, 0.25) is 15.1 Å². The van der Waals surface area contributed by atoms with Gasteiger partial charge < -0.3 is 5.32 Å². The van der Waals surface area contributed by atoms with Gasteiger partial charge in [-0.2, -0.15) is 0 Å². The molecule has 1 N–H and O–H groups in total. The lowest BCUT2D eigenvalue weighted by Gasteiger charge is -2.16. The van der Waals surface area contributed by atoms with Gasteiger partial charge in [0.2, 0.25) is 0 Å². The molecular formula is C11H14Cl3N. The van der Waals surface area contributed by atoms with Crippen molar-refractivity contribution in [2.45, 2.75) is 26.3 Å². The van der Waals surface area contributed by atoms with Crippen LogP contribution in [0.4, 0.5) is 0 Å². The van der Waals surface area contributed by atoms with E-state index in [0.717, 1.165) is 18.5 Å². The minimum atomic E-state index is 0.187. The van der Waals surface area contributed by atoms with Crippen molar-refractivity contribution in [3.05, 3.63) is 32.8 Å². The lowest BCUT2D eigenvalue weighted by Crippen LogP contribution is -2.19. The van der Waals surface area contributed by atoms with Crippen molar-refractivity contribution in [1.82, 2.24) is 5.32 Å². The van der Waals surface area contributed by atoms with Gasteiger partial charge in [0, 0.05) is 6.04 Å². The molecule has 1 aromatic rings. The third-order valence-corrected chi connectivity index (χ3v) is 3.54. The maximum atomic E-state index is 6.12. The molecule has 0 aromatic heterocycles. The van der Waals surface area contributed by atoms with Crippen LogP contribution in [0.25, 0.3) is 0 Å². The molecule has 1 nitrogen and oxygen atoms in total. The zero-order valence-electron chi connectivity index (χ0n) is 8.78. The topological polar surface area (TPSA) is 12.0 Å². The molecule has 84 valence electrons. The van der Waals surface area contributed by atoms with E-state index in [2.05, 4.69) is 19.2 Å². The highest BCUT2D eigenvalue weighted by Crippen LogP contribution is 2.35. The van der Waals surface area contributed by atoms with Gasteiger partial charge in [0.1, 0.15) is 0 Å². The fourth-order valence-corrected chi connectivity index (χ4v) is 2.05. The Hall–Kier alpha value is 0.0500. The van der Waals surface area contributed by atoms with Gasteiger partial charge in [-0.1, -0.05) is 47.8 Å². The third-order valence-electron chi connectivity index (χ3n) is 2.23. The van der Waals surface area contributed by atoms with E-state index >= 15 is 0 Å². The fourth-order valence-electron chi connectivity index (χ4n) is 1.35. The standard InChI is InChI=1S/C11H14Cl3N/c1-3-6-15-7(2)8-4-5-9(12)11(14)10(8)13/h4-5,7,15H,3,6H2,1-2H3. The third kappa shape index (κ3) is 3.25. The first-order chi connectivity index (χ1) is 7.07. The summed E-state index contributed by atoms with van der Waals surface area (Å²) in [5.74, 6) is 0. The average Bonchev–Trinajstić information content (AvgIpc) is 2.23. The number of hydrogen-bond donors (Lipinski definition) is 1. The SMILES string of the molecule is CCCNC(C)c1ccc(Cl)c(Cl)c1Cl. The largest absolute Gasteiger partial charge is 0.310 e. The van der Waals surface area contributed by atoms with E-state index in [9.17, 15) is 0 Å². The molecule has 0 bridgehead atoms. The van der Waals surface area contributed by atoms with Crippen LogP contribution in [0.5, 0.6) is 0 Å². The van der Waals surface area contributed by atoms with Crippen LogP contribution < -0.4 is 5.32 Å². The first kappa shape index (κ1) is 13.1. The number of rotatable bonds is 4. The van der Waals surface area contributed by atoms with E-state index < -0.39 is 0 Å². The number of nitrogens with one attached hydrogen (secondary N) is 1. The quantitative estimate of drug-likeness (QED) is 0.779. The van der Waals surface area contributed by atoms with Crippen LogP contribution in [0.15, 0.2) is 12.1 Å². The van der Waals surface area contributed by atoms with Crippen molar-refractivity contribution >= 4 is 34.8 Å². The van der Waals surface area contributed by atoms with E-state index in [4.69, 9.17) is 34.8 Å². The molecule has 0 radical (unpaired) electrons. The molecule has 0 aliphatic carbocycles. The van der Waals surface area contributed by atoms with Crippen LogP contribution in [-0.4, -0.2) is 6.54 Å². The first-order valence-corrected chi connectivity index (χ1v) is 6.08. The van der Waals surface area contributed by atoms with E-state index in [1.807, 2.05) is 6.07 Å². The molecule has 0 aliphatic heterocycles. The van der Waals surface area contributed by atoms with Crippen molar-refractivity contribution in [2.75, 3.05) is 6.54 Å². The highest BCUT2D eigenvalue weighted by atomic mass is 35.5. The van der Waals surface area contributed by atoms with Crippen LogP contribution >= 0.6 is 34.8 Å². The molecule has 0 amide bonds. The summed E-state index contributed by atoms with van der Waals surface area (Å²) in [6.07, 6.45) is 1.09. The monoisotopic (exact) mass is 265 g/mol. The summed E-state index contributed by atoms with van der Waals surface area (Å²) in [7, 11) is 0. The van der Waals surface area contributed by atoms with Gasteiger partial charge in [0.05, 0.1) is 15.1 Å². The summed E-state index contributed by atoms with van der Waals surface area (Å²) in [5, 5.41) is 4.82. The number of hydrogen-bond acceptors (Lipinski definition) is 1. The second-order valence-corrected chi connectivity index (χ2v) is 4.60. The van der Waals surface area contributed by atoms with E-state index in [1.165, 1.54) is 0 Å². The van der Waals surface area contributed by atoms with Gasteiger partial charge in [-0.25, -0.2) is 0 Å². The van der Waals surface area contributed by atoms with Crippen molar-refractivity contribution in [3.63, 3.8) is 0 Å². The molecule has 0 saturated carbocycles. The summed E-state index contributed by atoms with van der Waals surface area (Å²) in [6.45, 7) is 5.13. The Morgan fingerprint density at radius 1 is 1.20 bits per heavy atom. The van der Waals surface area contributed by atoms with E-state index in [0.29, 0.717) is 15.1 Å². The van der Waals surface area contributed by atoms with Gasteiger partial charge in [0.15, 0.2) is 0 Å². The molecule has 4 heteroatoms. The average molecular weight is 267 g/mol. The minimum absolute atomic E-state index is 0.187. The van der Waals surface area contributed by atoms with Gasteiger partial charge in [-0.15, -0.1) is 0 Å². The summed E-state index contributed by atoms with van der Waals surface area (Å²) in [4.78, 5) is 0. The molecule has 0 aliphatic rings. The lowest BCUT2D eigenvalue weighted by atomic mass is 10.1. The highest BCUT2D eigenvalue weighted by Gasteiger charge is 2.13. The Balaban J connectivity index is 2.90. The zero-order chi connectivity index (χ0) is 11.4. The van der Waals surface area contributed by atoms with Gasteiger partial charge in [-0.05, 0) is 31.5 Å². The molecular weight excluding hydrogens is 252 g/mol. The molecule has 0 saturated heterocycles. The molecule has 15 heavy (non-hydrogen) atoms. The summed E-state index contributed by atoms with van der Waals surface area (Å²) in [6, 6.07) is 3.87. The Bertz CT molecular complexity index is 339. The molecule has 1 unspecified atom stereocenters. The molecule has 0 heterocycles. The normalized spacial score (nSPS) is 12.9. The Kier molecular flexibility index (Phi) is 5.20. The Labute approximate surface area is 106 Å². The van der Waals surface area contributed by atoms with Crippen molar-refractivity contribution in [2.24, 2.45) is 0 Å². The smallest absolute Gasteiger partial charge is 0.0781 e. The maximum Gasteiger partial charge on any atom is 0.0781 e. The van der Waals surface area contributed by atoms with E-state index in [-0.39, 0.29) is 6.04 Å². The van der Waals surface area contributed by atoms with Crippen molar-refractivity contribution < 1.29 is 0 Å². The molecule has 1 atom stereocenters. The number of benzene rings is 1. The predicted octanol–water partition coefficient (Wildman–Crippen LogP) is 4.71. The minimum Gasteiger partial charge on any atom is -0.310 e. The zero-order valence-corrected chi connectivity index (χ0v) is 11.0. The molecule has 1 rings (SSSR count). The number of halogens is 3. The Morgan fingerprint density at radius 3 is 2.47 bits per heavy atom.